The highest BCUT2D eigenvalue weighted by molar-refractivity contribution is 6.19. The summed E-state index contributed by atoms with van der Waals surface area (Å²) in [5.74, 6) is 0. The van der Waals surface area contributed by atoms with Crippen molar-refractivity contribution in [2.45, 2.75) is 0 Å². The normalized spacial score (nSPS) is 11.4. The van der Waals surface area contributed by atoms with Gasteiger partial charge in [-0.3, -0.25) is 0 Å². The predicted octanol–water partition coefficient (Wildman–Crippen LogP) is 15.2. The number of benzene rings is 10. The van der Waals surface area contributed by atoms with Gasteiger partial charge in [-0.1, -0.05) is 182 Å². The monoisotopic (exact) mass is 751 g/mol. The van der Waals surface area contributed by atoms with Crippen LogP contribution in [0.15, 0.2) is 224 Å². The lowest BCUT2D eigenvalue weighted by Crippen LogP contribution is -2.10. The first-order valence-electron chi connectivity index (χ1n) is 20.1. The number of hydrogen-bond donors (Lipinski definition) is 0. The highest BCUT2D eigenvalue weighted by Gasteiger charge is 2.18. The number of rotatable bonds is 7. The summed E-state index contributed by atoms with van der Waals surface area (Å²) in [5, 5.41) is 7.01. The molecular formula is C56H37N3. The van der Waals surface area contributed by atoms with E-state index in [0.717, 1.165) is 83.3 Å². The Morgan fingerprint density at radius 1 is 0.305 bits per heavy atom. The molecule has 59 heavy (non-hydrogen) atoms. The molecule has 3 heteroatoms. The van der Waals surface area contributed by atoms with Crippen LogP contribution in [0, 0.1) is 0 Å². The standard InChI is InChI=1S/C56H37N3/c1-4-13-38(14-5-1)39-25-31-47(32-26-39)59(52-22-12-20-41-15-10-11-21-49(41)52)48-33-27-40(28-34-48)45-29-35-50-46(37-45)24-23-42-30-36-51-56(53(42)50)58-55(44-18-8-3-9-19-44)54(57-51)43-16-6-2-7-17-43/h1-37H. The third kappa shape index (κ3) is 6.26. The van der Waals surface area contributed by atoms with Crippen LogP contribution in [0.25, 0.3) is 88.1 Å². The summed E-state index contributed by atoms with van der Waals surface area (Å²) in [6.07, 6.45) is 0. The van der Waals surface area contributed by atoms with Crippen LogP contribution in [0.1, 0.15) is 0 Å². The van der Waals surface area contributed by atoms with E-state index in [4.69, 9.17) is 9.97 Å². The van der Waals surface area contributed by atoms with Crippen molar-refractivity contribution in [1.29, 1.82) is 0 Å². The molecule has 0 saturated carbocycles. The summed E-state index contributed by atoms with van der Waals surface area (Å²) >= 11 is 0. The number of hydrogen-bond acceptors (Lipinski definition) is 3. The summed E-state index contributed by atoms with van der Waals surface area (Å²) in [5.41, 5.74) is 13.7. The molecule has 1 heterocycles. The Bertz CT molecular complexity index is 3280. The van der Waals surface area contributed by atoms with E-state index in [1.165, 1.54) is 21.9 Å². The largest absolute Gasteiger partial charge is 0.310 e. The fourth-order valence-electron chi connectivity index (χ4n) is 8.51. The molecule has 0 aliphatic carbocycles. The molecule has 1 aromatic heterocycles. The SMILES string of the molecule is c1ccc(-c2ccc(N(c3ccc(-c4ccc5c(ccc6ccc7nc(-c8ccccc8)c(-c8ccccc8)nc7c65)c4)cc3)c3cccc4ccccc34)cc2)cc1. The molecule has 0 unspecified atom stereocenters. The first-order valence-corrected chi connectivity index (χ1v) is 20.1. The Morgan fingerprint density at radius 2 is 0.814 bits per heavy atom. The summed E-state index contributed by atoms with van der Waals surface area (Å²) in [4.78, 5) is 13.1. The first kappa shape index (κ1) is 34.4. The smallest absolute Gasteiger partial charge is 0.0979 e. The van der Waals surface area contributed by atoms with Crippen LogP contribution in [-0.2, 0) is 0 Å². The van der Waals surface area contributed by atoms with Crippen LogP contribution < -0.4 is 4.90 Å². The number of fused-ring (bicyclic) bond motifs is 6. The molecule has 0 amide bonds. The Balaban J connectivity index is 1.00. The lowest BCUT2D eigenvalue weighted by Gasteiger charge is -2.27. The molecule has 11 aromatic rings. The number of aromatic nitrogens is 2. The maximum absolute atomic E-state index is 5.43. The van der Waals surface area contributed by atoms with Crippen LogP contribution in [0.5, 0.6) is 0 Å². The Labute approximate surface area is 343 Å². The second-order valence-electron chi connectivity index (χ2n) is 15.0. The lowest BCUT2D eigenvalue weighted by atomic mass is 9.96. The number of anilines is 3. The Kier molecular flexibility index (Phi) is 8.49. The maximum Gasteiger partial charge on any atom is 0.0979 e. The van der Waals surface area contributed by atoms with E-state index >= 15 is 0 Å². The molecule has 3 nitrogen and oxygen atoms in total. The van der Waals surface area contributed by atoms with E-state index in [9.17, 15) is 0 Å². The van der Waals surface area contributed by atoms with Crippen molar-refractivity contribution in [2.24, 2.45) is 0 Å². The highest BCUT2D eigenvalue weighted by atomic mass is 15.1. The van der Waals surface area contributed by atoms with Crippen LogP contribution >= 0.6 is 0 Å². The van der Waals surface area contributed by atoms with Crippen molar-refractivity contribution in [2.75, 3.05) is 4.90 Å². The molecule has 0 atom stereocenters. The van der Waals surface area contributed by atoms with Crippen LogP contribution in [0.4, 0.5) is 17.1 Å². The Hall–Kier alpha value is -7.88. The number of nitrogens with zero attached hydrogens (tertiary/aromatic N) is 3. The van der Waals surface area contributed by atoms with Crippen LogP contribution in [0.2, 0.25) is 0 Å². The summed E-state index contributed by atoms with van der Waals surface area (Å²) in [6, 6.07) is 79.9. The van der Waals surface area contributed by atoms with Gasteiger partial charge in [0.15, 0.2) is 0 Å². The topological polar surface area (TPSA) is 29.0 Å². The molecule has 0 N–H and O–H groups in total. The van der Waals surface area contributed by atoms with Gasteiger partial charge in [0, 0.05) is 33.3 Å². The van der Waals surface area contributed by atoms with Gasteiger partial charge in [0.25, 0.3) is 0 Å². The molecule has 0 saturated heterocycles. The molecule has 0 aliphatic heterocycles. The van der Waals surface area contributed by atoms with Crippen LogP contribution in [0.3, 0.4) is 0 Å². The zero-order valence-corrected chi connectivity index (χ0v) is 32.2. The summed E-state index contributed by atoms with van der Waals surface area (Å²) in [6.45, 7) is 0. The molecule has 0 radical (unpaired) electrons. The van der Waals surface area contributed by atoms with Gasteiger partial charge in [-0.2, -0.15) is 0 Å². The second-order valence-corrected chi connectivity index (χ2v) is 15.0. The van der Waals surface area contributed by atoms with Crippen molar-refractivity contribution in [3.63, 3.8) is 0 Å². The average Bonchev–Trinajstić information content (AvgIpc) is 3.32. The molecule has 11 rings (SSSR count). The van der Waals surface area contributed by atoms with E-state index in [2.05, 4.69) is 217 Å². The van der Waals surface area contributed by atoms with Crippen molar-refractivity contribution in [1.82, 2.24) is 9.97 Å². The fourth-order valence-corrected chi connectivity index (χ4v) is 8.51. The van der Waals surface area contributed by atoms with Gasteiger partial charge in [-0.25, -0.2) is 9.97 Å². The van der Waals surface area contributed by atoms with Gasteiger partial charge in [0.1, 0.15) is 0 Å². The third-order valence-corrected chi connectivity index (χ3v) is 11.4. The van der Waals surface area contributed by atoms with Gasteiger partial charge < -0.3 is 4.90 Å². The van der Waals surface area contributed by atoms with E-state index in [1.54, 1.807) is 0 Å². The van der Waals surface area contributed by atoms with Gasteiger partial charge in [-0.05, 0) is 86.3 Å². The van der Waals surface area contributed by atoms with Crippen molar-refractivity contribution in [3.05, 3.63) is 224 Å². The van der Waals surface area contributed by atoms with E-state index in [0.29, 0.717) is 0 Å². The van der Waals surface area contributed by atoms with Gasteiger partial charge in [0.05, 0.1) is 28.1 Å². The van der Waals surface area contributed by atoms with E-state index in [1.807, 2.05) is 12.1 Å². The fraction of sp³-hybridized carbons (Fsp3) is 0. The molecule has 0 aliphatic rings. The minimum absolute atomic E-state index is 0.883. The molecule has 10 aromatic carbocycles. The lowest BCUT2D eigenvalue weighted by molar-refractivity contribution is 1.30. The highest BCUT2D eigenvalue weighted by Crippen LogP contribution is 2.41. The quantitative estimate of drug-likeness (QED) is 0.152. The van der Waals surface area contributed by atoms with Gasteiger partial charge in [-0.15, -0.1) is 0 Å². The zero-order valence-electron chi connectivity index (χ0n) is 32.2. The average molecular weight is 752 g/mol. The van der Waals surface area contributed by atoms with Crippen molar-refractivity contribution in [3.8, 4) is 44.8 Å². The Morgan fingerprint density at radius 3 is 1.49 bits per heavy atom. The second kappa shape index (κ2) is 14.6. The molecule has 0 bridgehead atoms. The summed E-state index contributed by atoms with van der Waals surface area (Å²) < 4.78 is 0. The first-order chi connectivity index (χ1) is 29.2. The van der Waals surface area contributed by atoms with Crippen molar-refractivity contribution < 1.29 is 0 Å². The molecule has 0 spiro atoms. The van der Waals surface area contributed by atoms with Crippen molar-refractivity contribution >= 4 is 60.4 Å². The van der Waals surface area contributed by atoms with Gasteiger partial charge in [0.2, 0.25) is 0 Å². The third-order valence-electron chi connectivity index (χ3n) is 11.4. The minimum Gasteiger partial charge on any atom is -0.310 e. The van der Waals surface area contributed by atoms with E-state index in [-0.39, 0.29) is 0 Å². The van der Waals surface area contributed by atoms with E-state index < -0.39 is 0 Å². The van der Waals surface area contributed by atoms with Crippen LogP contribution in [-0.4, -0.2) is 9.97 Å². The zero-order chi connectivity index (χ0) is 39.1. The molecular weight excluding hydrogens is 715 g/mol. The maximum atomic E-state index is 5.43. The molecule has 276 valence electrons. The van der Waals surface area contributed by atoms with Gasteiger partial charge >= 0.3 is 0 Å². The predicted molar refractivity (Wildman–Crippen MR) is 248 cm³/mol. The minimum atomic E-state index is 0.883. The molecule has 0 fully saturated rings. The summed E-state index contributed by atoms with van der Waals surface area (Å²) in [7, 11) is 0.